The molecule has 0 heterocycles. The molecule has 0 amide bonds. The van der Waals surface area contributed by atoms with Gasteiger partial charge in [-0.05, 0) is 26.2 Å². The summed E-state index contributed by atoms with van der Waals surface area (Å²) in [5.41, 5.74) is 0. The highest BCUT2D eigenvalue weighted by molar-refractivity contribution is 7.96. The van der Waals surface area contributed by atoms with Crippen molar-refractivity contribution >= 4 is 17.7 Å². The maximum Gasteiger partial charge on any atom is 0.188 e. The molecule has 0 radical (unpaired) electrons. The molecule has 2 unspecified atom stereocenters. The number of aliphatic hydroxyl groups excluding tert-OH is 1. The molecule has 0 bridgehead atoms. The average molecular weight is 190 g/mol. The van der Waals surface area contributed by atoms with Gasteiger partial charge in [0.15, 0.2) is 5.12 Å². The Bertz CT molecular complexity index is 134. The summed E-state index contributed by atoms with van der Waals surface area (Å²) in [7, 11) is 0. The van der Waals surface area contributed by atoms with Crippen LogP contribution in [0.1, 0.15) is 39.5 Å². The van der Waals surface area contributed by atoms with E-state index >= 15 is 0 Å². The van der Waals surface area contributed by atoms with Gasteiger partial charge in [0.1, 0.15) is 0 Å². The second-order valence-corrected chi connectivity index (χ2v) is 3.69. The number of hydrogen-bond acceptors (Lipinski definition) is 2. The lowest BCUT2D eigenvalue weighted by molar-refractivity contribution is -0.114. The fourth-order valence-electron chi connectivity index (χ4n) is 1.18. The van der Waals surface area contributed by atoms with Crippen molar-refractivity contribution < 1.29 is 9.90 Å². The SMILES string of the molecule is CCCC(CCC(C)O)C(=O)S. The van der Waals surface area contributed by atoms with Crippen LogP contribution < -0.4 is 0 Å². The Hall–Kier alpha value is -0.0200. The van der Waals surface area contributed by atoms with Gasteiger partial charge in [0.25, 0.3) is 0 Å². The summed E-state index contributed by atoms with van der Waals surface area (Å²) in [4.78, 5) is 10.9. The number of carbonyl (C=O) groups excluding carboxylic acids is 1. The first-order valence-corrected chi connectivity index (χ1v) is 4.93. The van der Waals surface area contributed by atoms with E-state index in [1.54, 1.807) is 6.92 Å². The van der Waals surface area contributed by atoms with Crippen LogP contribution in [0.25, 0.3) is 0 Å². The number of rotatable bonds is 6. The first-order chi connectivity index (χ1) is 5.57. The van der Waals surface area contributed by atoms with E-state index in [9.17, 15) is 4.79 Å². The monoisotopic (exact) mass is 190 g/mol. The van der Waals surface area contributed by atoms with E-state index in [0.29, 0.717) is 6.42 Å². The summed E-state index contributed by atoms with van der Waals surface area (Å²) in [5, 5.41) is 8.97. The molecule has 0 aliphatic carbocycles. The van der Waals surface area contributed by atoms with E-state index < -0.39 is 0 Å². The number of carbonyl (C=O) groups is 1. The van der Waals surface area contributed by atoms with Gasteiger partial charge in [-0.2, -0.15) is 0 Å². The molecule has 1 N–H and O–H groups in total. The quantitative estimate of drug-likeness (QED) is 0.629. The summed E-state index contributed by atoms with van der Waals surface area (Å²) < 4.78 is 0. The summed E-state index contributed by atoms with van der Waals surface area (Å²) in [6, 6.07) is 0. The molecule has 0 aliphatic rings. The molecule has 0 aromatic rings. The van der Waals surface area contributed by atoms with E-state index in [4.69, 9.17) is 5.11 Å². The van der Waals surface area contributed by atoms with Gasteiger partial charge in [-0.3, -0.25) is 4.79 Å². The first-order valence-electron chi connectivity index (χ1n) is 4.48. The molecule has 0 rings (SSSR count). The highest BCUT2D eigenvalue weighted by Crippen LogP contribution is 2.17. The maximum absolute atomic E-state index is 10.9. The highest BCUT2D eigenvalue weighted by Gasteiger charge is 2.14. The van der Waals surface area contributed by atoms with Crippen LogP contribution in [0, 0.1) is 5.92 Å². The van der Waals surface area contributed by atoms with Gasteiger partial charge in [0.2, 0.25) is 0 Å². The largest absolute Gasteiger partial charge is 0.393 e. The van der Waals surface area contributed by atoms with Crippen LogP contribution in [0.3, 0.4) is 0 Å². The highest BCUT2D eigenvalue weighted by atomic mass is 32.1. The minimum atomic E-state index is -0.308. The topological polar surface area (TPSA) is 37.3 Å². The third-order valence-corrected chi connectivity index (χ3v) is 2.28. The molecule has 0 spiro atoms. The lowest BCUT2D eigenvalue weighted by Gasteiger charge is -2.12. The van der Waals surface area contributed by atoms with Crippen molar-refractivity contribution in [1.29, 1.82) is 0 Å². The molecular weight excluding hydrogens is 172 g/mol. The molecule has 0 aromatic heterocycles. The van der Waals surface area contributed by atoms with Gasteiger partial charge in [-0.1, -0.05) is 13.3 Å². The molecular formula is C9H18O2S. The third kappa shape index (κ3) is 5.61. The molecule has 3 heteroatoms. The van der Waals surface area contributed by atoms with Crippen molar-refractivity contribution in [2.45, 2.75) is 45.6 Å². The lowest BCUT2D eigenvalue weighted by atomic mass is 9.98. The smallest absolute Gasteiger partial charge is 0.188 e. The summed E-state index contributed by atoms with van der Waals surface area (Å²) in [5.74, 6) is 0.0351. The van der Waals surface area contributed by atoms with Crippen molar-refractivity contribution in [2.24, 2.45) is 5.92 Å². The summed E-state index contributed by atoms with van der Waals surface area (Å²) >= 11 is 3.81. The van der Waals surface area contributed by atoms with E-state index in [2.05, 4.69) is 12.6 Å². The minimum Gasteiger partial charge on any atom is -0.393 e. The van der Waals surface area contributed by atoms with E-state index in [1.807, 2.05) is 6.92 Å². The zero-order valence-corrected chi connectivity index (χ0v) is 8.68. The standard InChI is InChI=1S/C9H18O2S/c1-3-4-8(9(11)12)6-5-7(2)10/h7-8,10H,3-6H2,1-2H3,(H,11,12). The molecule has 0 saturated carbocycles. The normalized spacial score (nSPS) is 15.7. The van der Waals surface area contributed by atoms with Gasteiger partial charge in [0, 0.05) is 5.92 Å². The first kappa shape index (κ1) is 12.0. The molecule has 2 nitrogen and oxygen atoms in total. The van der Waals surface area contributed by atoms with Gasteiger partial charge >= 0.3 is 0 Å². The Labute approximate surface area is 79.8 Å². The summed E-state index contributed by atoms with van der Waals surface area (Å²) in [6.45, 7) is 3.79. The lowest BCUT2D eigenvalue weighted by Crippen LogP contribution is -2.11. The fraction of sp³-hybridized carbons (Fsp3) is 0.889. The number of hydrogen-bond donors (Lipinski definition) is 2. The summed E-state index contributed by atoms with van der Waals surface area (Å²) in [6.07, 6.45) is 3.02. The van der Waals surface area contributed by atoms with Crippen molar-refractivity contribution in [3.63, 3.8) is 0 Å². The van der Waals surface area contributed by atoms with Crippen molar-refractivity contribution in [3.05, 3.63) is 0 Å². The third-order valence-electron chi connectivity index (χ3n) is 1.92. The van der Waals surface area contributed by atoms with E-state index in [1.165, 1.54) is 0 Å². The molecule has 0 saturated heterocycles. The van der Waals surface area contributed by atoms with Crippen molar-refractivity contribution in [1.82, 2.24) is 0 Å². The fourth-order valence-corrected chi connectivity index (χ4v) is 1.44. The van der Waals surface area contributed by atoms with Crippen molar-refractivity contribution in [2.75, 3.05) is 0 Å². The Kier molecular flexibility index (Phi) is 6.48. The molecule has 0 fully saturated rings. The predicted octanol–water partition coefficient (Wildman–Crippen LogP) is 2.02. The minimum absolute atomic E-state index is 0.0351. The zero-order valence-electron chi connectivity index (χ0n) is 7.79. The second kappa shape index (κ2) is 6.49. The number of thiol groups is 1. The molecule has 2 atom stereocenters. The Balaban J connectivity index is 3.71. The Morgan fingerprint density at radius 1 is 1.42 bits per heavy atom. The van der Waals surface area contributed by atoms with Crippen LogP contribution in [0.5, 0.6) is 0 Å². The molecule has 72 valence electrons. The van der Waals surface area contributed by atoms with E-state index in [0.717, 1.165) is 19.3 Å². The van der Waals surface area contributed by atoms with Crippen LogP contribution in [0.2, 0.25) is 0 Å². The van der Waals surface area contributed by atoms with Gasteiger partial charge < -0.3 is 5.11 Å². The van der Waals surface area contributed by atoms with E-state index in [-0.39, 0.29) is 17.1 Å². The molecule has 12 heavy (non-hydrogen) atoms. The number of aliphatic hydroxyl groups is 1. The van der Waals surface area contributed by atoms with Gasteiger partial charge in [0.05, 0.1) is 6.10 Å². The maximum atomic E-state index is 10.9. The van der Waals surface area contributed by atoms with Crippen LogP contribution >= 0.6 is 12.6 Å². The van der Waals surface area contributed by atoms with Crippen LogP contribution in [0.4, 0.5) is 0 Å². The Morgan fingerprint density at radius 2 is 2.00 bits per heavy atom. The Morgan fingerprint density at radius 3 is 2.33 bits per heavy atom. The zero-order chi connectivity index (χ0) is 9.56. The average Bonchev–Trinajstić information content (AvgIpc) is 1.96. The van der Waals surface area contributed by atoms with Crippen molar-refractivity contribution in [3.8, 4) is 0 Å². The van der Waals surface area contributed by atoms with Crippen LogP contribution in [0.15, 0.2) is 0 Å². The van der Waals surface area contributed by atoms with Gasteiger partial charge in [-0.15, -0.1) is 12.6 Å². The van der Waals surface area contributed by atoms with Gasteiger partial charge in [-0.25, -0.2) is 0 Å². The van der Waals surface area contributed by atoms with Crippen LogP contribution in [-0.4, -0.2) is 16.3 Å². The molecule has 0 aromatic carbocycles. The second-order valence-electron chi connectivity index (χ2n) is 3.25. The predicted molar refractivity (Wildman–Crippen MR) is 53.3 cm³/mol. The molecule has 0 aliphatic heterocycles. The van der Waals surface area contributed by atoms with Crippen LogP contribution in [-0.2, 0) is 4.79 Å².